The number of carbonyl (C=O) groups excluding carboxylic acids is 1. The standard InChI is InChI=1S/C29H24ClN3O6/c1-37-28-14-21(10-12-27(28)39-18-20-6-3-2-4-7-20)19-38-26-13-11-24(30)15-23(26)17-31-32-29(34)22-8-5-9-25(16-22)33(35)36/h2-17H,18-19H2,1H3,(H,32,34)/b31-17+. The first-order valence-electron chi connectivity index (χ1n) is 11.8. The first kappa shape index (κ1) is 27.2. The number of hydrogen-bond acceptors (Lipinski definition) is 7. The fourth-order valence-electron chi connectivity index (χ4n) is 3.55. The summed E-state index contributed by atoms with van der Waals surface area (Å²) < 4.78 is 17.4. The van der Waals surface area contributed by atoms with Crippen LogP contribution in [0.5, 0.6) is 17.2 Å². The second-order valence-electron chi connectivity index (χ2n) is 8.24. The number of nitrogens with one attached hydrogen (secondary N) is 1. The molecule has 0 bridgehead atoms. The largest absolute Gasteiger partial charge is 0.493 e. The molecule has 0 saturated heterocycles. The summed E-state index contributed by atoms with van der Waals surface area (Å²) in [6.45, 7) is 0.635. The zero-order chi connectivity index (χ0) is 27.6. The van der Waals surface area contributed by atoms with Crippen LogP contribution in [0.3, 0.4) is 0 Å². The highest BCUT2D eigenvalue weighted by Crippen LogP contribution is 2.30. The number of rotatable bonds is 11. The van der Waals surface area contributed by atoms with Crippen LogP contribution in [0.2, 0.25) is 5.02 Å². The quantitative estimate of drug-likeness (QED) is 0.137. The van der Waals surface area contributed by atoms with Gasteiger partial charge in [-0.3, -0.25) is 14.9 Å². The second kappa shape index (κ2) is 13.1. The molecule has 10 heteroatoms. The van der Waals surface area contributed by atoms with Gasteiger partial charge in [0.1, 0.15) is 19.0 Å². The topological polar surface area (TPSA) is 112 Å². The van der Waals surface area contributed by atoms with Crippen molar-refractivity contribution in [3.63, 3.8) is 0 Å². The summed E-state index contributed by atoms with van der Waals surface area (Å²) in [7, 11) is 1.57. The Morgan fingerprint density at radius 2 is 1.64 bits per heavy atom. The van der Waals surface area contributed by atoms with Gasteiger partial charge < -0.3 is 14.2 Å². The van der Waals surface area contributed by atoms with Gasteiger partial charge in [-0.1, -0.05) is 54.1 Å². The number of nitro benzene ring substituents is 1. The Bertz CT molecular complexity index is 1490. The molecular formula is C29H24ClN3O6. The van der Waals surface area contributed by atoms with E-state index in [1.54, 1.807) is 25.3 Å². The van der Waals surface area contributed by atoms with Gasteiger partial charge in [-0.2, -0.15) is 5.10 Å². The molecule has 0 radical (unpaired) electrons. The number of ether oxygens (including phenoxy) is 3. The van der Waals surface area contributed by atoms with Gasteiger partial charge >= 0.3 is 0 Å². The average Bonchev–Trinajstić information content (AvgIpc) is 2.96. The molecule has 0 unspecified atom stereocenters. The van der Waals surface area contributed by atoms with Gasteiger partial charge in [0, 0.05) is 28.3 Å². The lowest BCUT2D eigenvalue weighted by Gasteiger charge is -2.14. The number of carbonyl (C=O) groups is 1. The molecule has 0 fully saturated rings. The van der Waals surface area contributed by atoms with Gasteiger partial charge in [-0.15, -0.1) is 0 Å². The highest BCUT2D eigenvalue weighted by molar-refractivity contribution is 6.30. The van der Waals surface area contributed by atoms with Crippen molar-refractivity contribution in [1.29, 1.82) is 0 Å². The van der Waals surface area contributed by atoms with Crippen LogP contribution in [0.15, 0.2) is 96.1 Å². The number of nitrogens with zero attached hydrogens (tertiary/aromatic N) is 2. The predicted octanol–water partition coefficient (Wildman–Crippen LogP) is 6.18. The molecule has 39 heavy (non-hydrogen) atoms. The van der Waals surface area contributed by atoms with Crippen LogP contribution in [0.25, 0.3) is 0 Å². The summed E-state index contributed by atoms with van der Waals surface area (Å²) >= 11 is 6.15. The maximum absolute atomic E-state index is 12.4. The van der Waals surface area contributed by atoms with E-state index in [9.17, 15) is 14.9 Å². The molecule has 0 aliphatic carbocycles. The van der Waals surface area contributed by atoms with E-state index >= 15 is 0 Å². The van der Waals surface area contributed by atoms with Gasteiger partial charge in [0.25, 0.3) is 11.6 Å². The Kier molecular flexibility index (Phi) is 9.10. The highest BCUT2D eigenvalue weighted by atomic mass is 35.5. The minimum absolute atomic E-state index is 0.106. The lowest BCUT2D eigenvalue weighted by molar-refractivity contribution is -0.384. The average molecular weight is 546 g/mol. The Morgan fingerprint density at radius 1 is 0.897 bits per heavy atom. The summed E-state index contributed by atoms with van der Waals surface area (Å²) in [4.78, 5) is 22.7. The van der Waals surface area contributed by atoms with Crippen LogP contribution < -0.4 is 19.6 Å². The molecule has 1 N–H and O–H groups in total. The molecule has 0 spiro atoms. The molecule has 0 aromatic heterocycles. The van der Waals surface area contributed by atoms with E-state index in [0.29, 0.717) is 34.4 Å². The van der Waals surface area contributed by atoms with Crippen molar-refractivity contribution in [1.82, 2.24) is 5.43 Å². The van der Waals surface area contributed by atoms with Crippen molar-refractivity contribution in [2.24, 2.45) is 5.10 Å². The fraction of sp³-hybridized carbons (Fsp3) is 0.103. The number of hydrogen-bond donors (Lipinski definition) is 1. The summed E-state index contributed by atoms with van der Waals surface area (Å²) in [6, 6.07) is 25.8. The maximum Gasteiger partial charge on any atom is 0.271 e. The van der Waals surface area contributed by atoms with E-state index in [1.807, 2.05) is 48.5 Å². The Morgan fingerprint density at radius 3 is 2.41 bits per heavy atom. The van der Waals surface area contributed by atoms with Crippen molar-refractivity contribution in [3.8, 4) is 17.2 Å². The van der Waals surface area contributed by atoms with Crippen molar-refractivity contribution in [2.45, 2.75) is 13.2 Å². The molecule has 0 atom stereocenters. The first-order chi connectivity index (χ1) is 18.9. The monoisotopic (exact) mass is 545 g/mol. The fourth-order valence-corrected chi connectivity index (χ4v) is 3.74. The third-order valence-corrected chi connectivity index (χ3v) is 5.76. The first-order valence-corrected chi connectivity index (χ1v) is 12.1. The van der Waals surface area contributed by atoms with Crippen molar-refractivity contribution in [3.05, 3.63) is 128 Å². The normalized spacial score (nSPS) is 10.7. The van der Waals surface area contributed by atoms with Crippen LogP contribution in [0.4, 0.5) is 5.69 Å². The van der Waals surface area contributed by atoms with Gasteiger partial charge in [-0.05, 0) is 47.5 Å². The summed E-state index contributed by atoms with van der Waals surface area (Å²) in [5, 5.41) is 15.4. The summed E-state index contributed by atoms with van der Waals surface area (Å²) in [6.07, 6.45) is 1.39. The van der Waals surface area contributed by atoms with E-state index < -0.39 is 10.8 Å². The Balaban J connectivity index is 1.40. The molecule has 4 aromatic carbocycles. The smallest absolute Gasteiger partial charge is 0.271 e. The lowest BCUT2D eigenvalue weighted by Crippen LogP contribution is -2.17. The van der Waals surface area contributed by atoms with Crippen LogP contribution >= 0.6 is 11.6 Å². The number of halogens is 1. The minimum atomic E-state index is -0.596. The summed E-state index contributed by atoms with van der Waals surface area (Å²) in [5.74, 6) is 1.08. The zero-order valence-corrected chi connectivity index (χ0v) is 21.6. The molecular weight excluding hydrogens is 522 g/mol. The number of amides is 1. The highest BCUT2D eigenvalue weighted by Gasteiger charge is 2.12. The molecule has 0 heterocycles. The van der Waals surface area contributed by atoms with Crippen LogP contribution in [0, 0.1) is 10.1 Å². The third kappa shape index (κ3) is 7.56. The van der Waals surface area contributed by atoms with E-state index in [1.165, 1.54) is 30.5 Å². The molecule has 1 amide bonds. The lowest BCUT2D eigenvalue weighted by atomic mass is 10.2. The van der Waals surface area contributed by atoms with E-state index in [4.69, 9.17) is 25.8 Å². The zero-order valence-electron chi connectivity index (χ0n) is 20.9. The number of benzene rings is 4. The molecule has 4 aromatic rings. The molecule has 0 saturated carbocycles. The van der Waals surface area contributed by atoms with Crippen LogP contribution in [0.1, 0.15) is 27.0 Å². The van der Waals surface area contributed by atoms with Gasteiger partial charge in [0.2, 0.25) is 0 Å². The van der Waals surface area contributed by atoms with Crippen molar-refractivity contribution >= 4 is 29.4 Å². The van der Waals surface area contributed by atoms with E-state index in [-0.39, 0.29) is 17.9 Å². The Hall–Kier alpha value is -4.89. The second-order valence-corrected chi connectivity index (χ2v) is 8.67. The number of nitro groups is 1. The number of hydrazone groups is 1. The van der Waals surface area contributed by atoms with Gasteiger partial charge in [-0.25, -0.2) is 5.43 Å². The minimum Gasteiger partial charge on any atom is -0.493 e. The number of non-ortho nitro benzene ring substituents is 1. The van der Waals surface area contributed by atoms with Crippen molar-refractivity contribution in [2.75, 3.05) is 7.11 Å². The molecule has 9 nitrogen and oxygen atoms in total. The van der Waals surface area contributed by atoms with Gasteiger partial charge in [0.05, 0.1) is 18.2 Å². The van der Waals surface area contributed by atoms with Crippen LogP contribution in [-0.4, -0.2) is 24.2 Å². The number of methoxy groups -OCH3 is 1. The van der Waals surface area contributed by atoms with E-state index in [2.05, 4.69) is 10.5 Å². The van der Waals surface area contributed by atoms with E-state index in [0.717, 1.165) is 11.1 Å². The van der Waals surface area contributed by atoms with Gasteiger partial charge in [0.15, 0.2) is 11.5 Å². The van der Waals surface area contributed by atoms with Crippen molar-refractivity contribution < 1.29 is 23.9 Å². The SMILES string of the molecule is COc1cc(COc2ccc(Cl)cc2/C=N/NC(=O)c2cccc([N+](=O)[O-])c2)ccc1OCc1ccccc1. The van der Waals surface area contributed by atoms with Crippen LogP contribution in [-0.2, 0) is 13.2 Å². The predicted molar refractivity (Wildman–Crippen MR) is 148 cm³/mol. The maximum atomic E-state index is 12.4. The molecule has 198 valence electrons. The summed E-state index contributed by atoms with van der Waals surface area (Å²) in [5.41, 5.74) is 4.69. The molecule has 0 aliphatic heterocycles. The Labute approximate surface area is 229 Å². The molecule has 4 rings (SSSR count). The third-order valence-electron chi connectivity index (χ3n) is 5.52. The molecule has 0 aliphatic rings.